The number of carbonyl (C=O) groups excluding carboxylic acids is 2. The van der Waals surface area contributed by atoms with E-state index in [9.17, 15) is 22.8 Å². The Morgan fingerprint density at radius 1 is 0.953 bits per heavy atom. The van der Waals surface area contributed by atoms with Crippen LogP contribution in [0.2, 0.25) is 0 Å². The van der Waals surface area contributed by atoms with Crippen LogP contribution in [0, 0.1) is 6.92 Å². The third kappa shape index (κ3) is 9.20. The zero-order valence-electron chi connectivity index (χ0n) is 24.0. The van der Waals surface area contributed by atoms with Gasteiger partial charge >= 0.3 is 18.4 Å². The number of hydrogen-bond acceptors (Lipinski definition) is 4. The van der Waals surface area contributed by atoms with Crippen LogP contribution in [-0.4, -0.2) is 29.0 Å². The Labute approximate surface area is 251 Å². The van der Waals surface area contributed by atoms with E-state index in [0.717, 1.165) is 28.9 Å². The van der Waals surface area contributed by atoms with Gasteiger partial charge in [-0.15, -0.1) is 24.5 Å². The molecule has 12 heteroatoms. The van der Waals surface area contributed by atoms with Crippen molar-refractivity contribution < 1.29 is 27.5 Å². The molecule has 0 radical (unpaired) electrons. The van der Waals surface area contributed by atoms with Crippen molar-refractivity contribution in [1.82, 2.24) is 9.88 Å². The number of carbonyl (C=O) groups is 2. The standard InChI is InChI=1S/C31H32F3N5O3S/c1-19(2)26-14-5-20(3)17-27(26)39-15-16-43-30(39)38-28(40)35-21(4)18-22-6-8-23(9-7-22)36-29(41)37-24-10-12-25(13-11-24)42-31(32,33)34/h5-17,19,21H,18H2,1-4H3,(H,35,40)(H2,36,37,41). The molecule has 0 saturated heterocycles. The number of anilines is 2. The summed E-state index contributed by atoms with van der Waals surface area (Å²) in [5, 5.41) is 10.0. The molecule has 1 unspecified atom stereocenters. The number of nitrogens with zero attached hydrogens (tertiary/aromatic N) is 2. The second-order valence-electron chi connectivity index (χ2n) is 10.3. The van der Waals surface area contributed by atoms with Crippen LogP contribution in [0.1, 0.15) is 43.4 Å². The van der Waals surface area contributed by atoms with Gasteiger partial charge in [0.15, 0.2) is 4.80 Å². The van der Waals surface area contributed by atoms with E-state index in [1.807, 2.05) is 42.1 Å². The number of ether oxygens (including phenoxy) is 1. The molecule has 4 rings (SSSR count). The van der Waals surface area contributed by atoms with E-state index in [4.69, 9.17) is 0 Å². The predicted molar refractivity (Wildman–Crippen MR) is 162 cm³/mol. The largest absolute Gasteiger partial charge is 0.573 e. The Hall–Kier alpha value is -4.58. The zero-order valence-corrected chi connectivity index (χ0v) is 24.8. The quantitative estimate of drug-likeness (QED) is 0.190. The van der Waals surface area contributed by atoms with Crippen molar-refractivity contribution in [2.45, 2.75) is 52.4 Å². The van der Waals surface area contributed by atoms with Crippen molar-refractivity contribution in [3.63, 3.8) is 0 Å². The Morgan fingerprint density at radius 3 is 2.19 bits per heavy atom. The van der Waals surface area contributed by atoms with Gasteiger partial charge in [-0.2, -0.15) is 4.99 Å². The average Bonchev–Trinajstić information content (AvgIpc) is 3.37. The lowest BCUT2D eigenvalue weighted by molar-refractivity contribution is -0.274. The highest BCUT2D eigenvalue weighted by Crippen LogP contribution is 2.25. The summed E-state index contributed by atoms with van der Waals surface area (Å²) in [4.78, 5) is 30.0. The molecule has 0 aliphatic heterocycles. The molecule has 8 nitrogen and oxygen atoms in total. The van der Waals surface area contributed by atoms with Crippen molar-refractivity contribution in [2.75, 3.05) is 10.6 Å². The summed E-state index contributed by atoms with van der Waals surface area (Å²) in [6.07, 6.45) is -2.33. The molecular weight excluding hydrogens is 579 g/mol. The molecule has 0 aliphatic rings. The number of alkyl halides is 3. The second kappa shape index (κ2) is 13.6. The first-order valence-electron chi connectivity index (χ1n) is 13.5. The summed E-state index contributed by atoms with van der Waals surface area (Å²) in [6.45, 7) is 8.18. The minimum Gasteiger partial charge on any atom is -0.406 e. The highest BCUT2D eigenvalue weighted by Gasteiger charge is 2.31. The smallest absolute Gasteiger partial charge is 0.406 e. The summed E-state index contributed by atoms with van der Waals surface area (Å²) >= 11 is 1.39. The number of hydrogen-bond donors (Lipinski definition) is 3. The Bertz CT molecular complexity index is 1630. The summed E-state index contributed by atoms with van der Waals surface area (Å²) < 4.78 is 42.7. The van der Waals surface area contributed by atoms with Crippen LogP contribution in [0.25, 0.3) is 5.69 Å². The fourth-order valence-electron chi connectivity index (χ4n) is 4.38. The second-order valence-corrected chi connectivity index (χ2v) is 11.2. The van der Waals surface area contributed by atoms with E-state index >= 15 is 0 Å². The molecule has 226 valence electrons. The maximum Gasteiger partial charge on any atom is 0.573 e. The van der Waals surface area contributed by atoms with Gasteiger partial charge in [-0.3, -0.25) is 4.57 Å². The van der Waals surface area contributed by atoms with E-state index in [-0.39, 0.29) is 11.8 Å². The maximum absolute atomic E-state index is 12.8. The van der Waals surface area contributed by atoms with Gasteiger partial charge in [0.05, 0.1) is 5.69 Å². The van der Waals surface area contributed by atoms with Gasteiger partial charge < -0.3 is 20.7 Å². The SMILES string of the molecule is Cc1ccc(C(C)C)c(-n2ccsc2=NC(=O)NC(C)Cc2ccc(NC(=O)Nc3ccc(OC(F)(F)F)cc3)cc2)c1. The highest BCUT2D eigenvalue weighted by molar-refractivity contribution is 7.07. The maximum atomic E-state index is 12.8. The van der Waals surface area contributed by atoms with Crippen LogP contribution in [0.4, 0.5) is 34.1 Å². The zero-order chi connectivity index (χ0) is 31.1. The molecule has 0 spiro atoms. The van der Waals surface area contributed by atoms with Crippen LogP contribution >= 0.6 is 11.3 Å². The third-order valence-corrected chi connectivity index (χ3v) is 7.08. The lowest BCUT2D eigenvalue weighted by Crippen LogP contribution is -2.33. The number of benzene rings is 3. The number of amides is 4. The van der Waals surface area contributed by atoms with E-state index in [0.29, 0.717) is 28.5 Å². The predicted octanol–water partition coefficient (Wildman–Crippen LogP) is 7.75. The molecule has 3 N–H and O–H groups in total. The van der Waals surface area contributed by atoms with Crippen LogP contribution in [0.5, 0.6) is 5.75 Å². The first kappa shape index (κ1) is 31.4. The first-order valence-corrected chi connectivity index (χ1v) is 14.4. The number of aromatic nitrogens is 1. The summed E-state index contributed by atoms with van der Waals surface area (Å²) in [5.74, 6) is -0.0750. The van der Waals surface area contributed by atoms with E-state index in [2.05, 4.69) is 57.7 Å². The van der Waals surface area contributed by atoms with Crippen molar-refractivity contribution in [2.24, 2.45) is 4.99 Å². The number of urea groups is 2. The lowest BCUT2D eigenvalue weighted by atomic mass is 9.99. The van der Waals surface area contributed by atoms with Gasteiger partial charge in [0, 0.05) is 29.0 Å². The molecule has 3 aromatic carbocycles. The Kier molecular flexibility index (Phi) is 9.92. The van der Waals surface area contributed by atoms with E-state index < -0.39 is 18.4 Å². The monoisotopic (exact) mass is 611 g/mol. The van der Waals surface area contributed by atoms with Crippen molar-refractivity contribution in [1.29, 1.82) is 0 Å². The van der Waals surface area contributed by atoms with Crippen LogP contribution < -0.4 is 25.5 Å². The number of aryl methyl sites for hydroxylation is 1. The number of thiazole rings is 1. The average molecular weight is 612 g/mol. The van der Waals surface area contributed by atoms with E-state index in [1.165, 1.54) is 29.0 Å². The van der Waals surface area contributed by atoms with Gasteiger partial charge in [0.1, 0.15) is 5.75 Å². The van der Waals surface area contributed by atoms with Gasteiger partial charge in [0.2, 0.25) is 0 Å². The molecule has 0 bridgehead atoms. The normalized spacial score (nSPS) is 12.6. The minimum atomic E-state index is -4.79. The van der Waals surface area contributed by atoms with Gasteiger partial charge in [0.25, 0.3) is 0 Å². The summed E-state index contributed by atoms with van der Waals surface area (Å²) in [6, 6.07) is 17.0. The fraction of sp³-hybridized carbons (Fsp3) is 0.258. The molecule has 43 heavy (non-hydrogen) atoms. The molecule has 4 aromatic rings. The van der Waals surface area contributed by atoms with Crippen LogP contribution in [-0.2, 0) is 6.42 Å². The Balaban J connectivity index is 1.31. The number of rotatable bonds is 8. The first-order chi connectivity index (χ1) is 20.4. The highest BCUT2D eigenvalue weighted by atomic mass is 32.1. The molecule has 0 aliphatic carbocycles. The van der Waals surface area contributed by atoms with Crippen molar-refractivity contribution in [3.05, 3.63) is 99.8 Å². The molecule has 1 heterocycles. The topological polar surface area (TPSA) is 96.8 Å². The van der Waals surface area contributed by atoms with Crippen LogP contribution in [0.3, 0.4) is 0 Å². The van der Waals surface area contributed by atoms with Gasteiger partial charge in [-0.1, -0.05) is 38.1 Å². The summed E-state index contributed by atoms with van der Waals surface area (Å²) in [5.41, 5.74) is 5.05. The number of nitrogens with one attached hydrogen (secondary N) is 3. The molecule has 0 fully saturated rings. The number of halogens is 3. The molecule has 1 atom stereocenters. The van der Waals surface area contributed by atoms with E-state index in [1.54, 1.807) is 12.1 Å². The minimum absolute atomic E-state index is 0.207. The van der Waals surface area contributed by atoms with Crippen molar-refractivity contribution >= 4 is 34.8 Å². The molecular formula is C31H32F3N5O3S. The van der Waals surface area contributed by atoms with Crippen LogP contribution in [0.15, 0.2) is 83.3 Å². The third-order valence-electron chi connectivity index (χ3n) is 6.32. The molecule has 4 amide bonds. The fourth-order valence-corrected chi connectivity index (χ4v) is 5.09. The lowest BCUT2D eigenvalue weighted by Gasteiger charge is -2.15. The Morgan fingerprint density at radius 2 is 1.58 bits per heavy atom. The summed E-state index contributed by atoms with van der Waals surface area (Å²) in [7, 11) is 0. The molecule has 1 aromatic heterocycles. The van der Waals surface area contributed by atoms with Crippen molar-refractivity contribution in [3.8, 4) is 11.4 Å². The van der Waals surface area contributed by atoms with Gasteiger partial charge in [-0.25, -0.2) is 9.59 Å². The van der Waals surface area contributed by atoms with Gasteiger partial charge in [-0.05, 0) is 85.3 Å². The molecule has 0 saturated carbocycles.